The quantitative estimate of drug-likeness (QED) is 0.820. The minimum atomic E-state index is 0.379. The van der Waals surface area contributed by atoms with Crippen LogP contribution in [0.25, 0.3) is 0 Å². The van der Waals surface area contributed by atoms with Gasteiger partial charge in [0.2, 0.25) is 0 Å². The Hall–Kier alpha value is -1.80. The number of nitrogen functional groups attached to an aromatic ring is 1. The normalized spacial score (nSPS) is 18.8. The lowest BCUT2D eigenvalue weighted by atomic mass is 9.89. The van der Waals surface area contributed by atoms with E-state index in [1.165, 1.54) is 12.0 Å². The monoisotopic (exact) mass is 258 g/mol. The molecule has 0 atom stereocenters. The molecule has 0 radical (unpaired) electrons. The van der Waals surface area contributed by atoms with E-state index in [9.17, 15) is 5.26 Å². The van der Waals surface area contributed by atoms with Crippen molar-refractivity contribution in [3.8, 4) is 6.07 Å². The summed E-state index contributed by atoms with van der Waals surface area (Å²) in [7, 11) is 0. The molecule has 5 heteroatoms. The molecule has 2 aliphatic rings. The number of aromatic nitrogens is 1. The second-order valence-electron chi connectivity index (χ2n) is 5.07. The van der Waals surface area contributed by atoms with E-state index in [1.807, 2.05) is 0 Å². The van der Waals surface area contributed by atoms with Gasteiger partial charge in [-0.25, -0.2) is 4.98 Å². The third-order valence-electron chi connectivity index (χ3n) is 3.94. The highest BCUT2D eigenvalue weighted by atomic mass is 16.5. The Bertz CT molecular complexity index is 529. The van der Waals surface area contributed by atoms with Crippen LogP contribution in [0.3, 0.4) is 0 Å². The van der Waals surface area contributed by atoms with Gasteiger partial charge in [-0.15, -0.1) is 0 Å². The lowest BCUT2D eigenvalue weighted by Gasteiger charge is -2.32. The fourth-order valence-electron chi connectivity index (χ4n) is 2.98. The number of morpholine rings is 1. The van der Waals surface area contributed by atoms with Crippen LogP contribution >= 0.6 is 0 Å². The summed E-state index contributed by atoms with van der Waals surface area (Å²) in [5, 5.41) is 9.27. The van der Waals surface area contributed by atoms with Crippen LogP contribution in [0.4, 0.5) is 11.6 Å². The maximum Gasteiger partial charge on any atom is 0.144 e. The molecule has 0 spiro atoms. The maximum atomic E-state index is 9.27. The van der Waals surface area contributed by atoms with Crippen LogP contribution < -0.4 is 10.6 Å². The van der Waals surface area contributed by atoms with Gasteiger partial charge in [0, 0.05) is 13.1 Å². The minimum absolute atomic E-state index is 0.379. The molecule has 1 aliphatic heterocycles. The van der Waals surface area contributed by atoms with Crippen LogP contribution in [-0.2, 0) is 17.6 Å². The number of nitrogens with zero attached hydrogens (tertiary/aromatic N) is 3. The molecular weight excluding hydrogens is 240 g/mol. The minimum Gasteiger partial charge on any atom is -0.383 e. The molecule has 3 rings (SSSR count). The number of hydrogen-bond acceptors (Lipinski definition) is 5. The second kappa shape index (κ2) is 5.06. The number of ether oxygens (including phenoxy) is 1. The number of rotatable bonds is 1. The summed E-state index contributed by atoms with van der Waals surface area (Å²) in [6.45, 7) is 3.17. The van der Waals surface area contributed by atoms with Gasteiger partial charge in [0.1, 0.15) is 17.7 Å². The van der Waals surface area contributed by atoms with Crippen molar-refractivity contribution in [1.29, 1.82) is 5.26 Å². The molecule has 0 saturated carbocycles. The molecule has 1 aromatic rings. The standard InChI is InChI=1S/C14H18N4O/c15-9-12-10-3-1-2-4-11(10)14(17-13(12)16)18-5-7-19-8-6-18/h1-8H2,(H2,16,17). The fourth-order valence-corrected chi connectivity index (χ4v) is 2.98. The van der Waals surface area contributed by atoms with Gasteiger partial charge in [0.25, 0.3) is 0 Å². The highest BCUT2D eigenvalue weighted by Gasteiger charge is 2.24. The predicted octanol–water partition coefficient (Wildman–Crippen LogP) is 1.25. The van der Waals surface area contributed by atoms with Crippen molar-refractivity contribution in [2.45, 2.75) is 25.7 Å². The Balaban J connectivity index is 2.09. The molecule has 1 aromatic heterocycles. The van der Waals surface area contributed by atoms with Crippen LogP contribution in [0.1, 0.15) is 29.5 Å². The van der Waals surface area contributed by atoms with Gasteiger partial charge in [0.05, 0.1) is 18.8 Å². The van der Waals surface area contributed by atoms with E-state index < -0.39 is 0 Å². The first-order valence-electron chi connectivity index (χ1n) is 6.85. The summed E-state index contributed by atoms with van der Waals surface area (Å²) < 4.78 is 5.39. The lowest BCUT2D eigenvalue weighted by molar-refractivity contribution is 0.122. The molecule has 19 heavy (non-hydrogen) atoms. The molecule has 0 unspecified atom stereocenters. The SMILES string of the molecule is N#Cc1c(N)nc(N2CCOCC2)c2c1CCCC2. The Kier molecular flexibility index (Phi) is 3.26. The van der Waals surface area contributed by atoms with Crippen molar-refractivity contribution < 1.29 is 4.74 Å². The first kappa shape index (κ1) is 12.2. The molecule has 1 aliphatic carbocycles. The number of anilines is 2. The largest absolute Gasteiger partial charge is 0.383 e. The van der Waals surface area contributed by atoms with Gasteiger partial charge < -0.3 is 15.4 Å². The molecule has 2 heterocycles. The molecule has 5 nitrogen and oxygen atoms in total. The van der Waals surface area contributed by atoms with Gasteiger partial charge in [-0.3, -0.25) is 0 Å². The maximum absolute atomic E-state index is 9.27. The lowest BCUT2D eigenvalue weighted by Crippen LogP contribution is -2.38. The zero-order valence-corrected chi connectivity index (χ0v) is 11.0. The molecule has 100 valence electrons. The molecule has 0 amide bonds. The van der Waals surface area contributed by atoms with E-state index in [1.54, 1.807) is 0 Å². The average molecular weight is 258 g/mol. The molecule has 1 saturated heterocycles. The fraction of sp³-hybridized carbons (Fsp3) is 0.571. The Labute approximate surface area is 113 Å². The highest BCUT2D eigenvalue weighted by Crippen LogP contribution is 2.33. The molecule has 2 N–H and O–H groups in total. The number of pyridine rings is 1. The third kappa shape index (κ3) is 2.13. The van der Waals surface area contributed by atoms with E-state index in [2.05, 4.69) is 16.0 Å². The van der Waals surface area contributed by atoms with Crippen molar-refractivity contribution in [3.05, 3.63) is 16.7 Å². The number of nitrogens with two attached hydrogens (primary N) is 1. The van der Waals surface area contributed by atoms with E-state index in [0.29, 0.717) is 11.4 Å². The first-order chi connectivity index (χ1) is 9.31. The van der Waals surface area contributed by atoms with Gasteiger partial charge in [0.15, 0.2) is 0 Å². The van der Waals surface area contributed by atoms with Crippen LogP contribution in [0, 0.1) is 11.3 Å². The number of fused-ring (bicyclic) bond motifs is 1. The molecule has 1 fully saturated rings. The molecular formula is C14H18N4O. The summed E-state index contributed by atoms with van der Waals surface area (Å²) in [5.41, 5.74) is 8.92. The molecule has 0 bridgehead atoms. The van der Waals surface area contributed by atoms with Crippen LogP contribution in [0.5, 0.6) is 0 Å². The smallest absolute Gasteiger partial charge is 0.144 e. The van der Waals surface area contributed by atoms with E-state index in [0.717, 1.165) is 56.9 Å². The summed E-state index contributed by atoms with van der Waals surface area (Å²) >= 11 is 0. The van der Waals surface area contributed by atoms with E-state index in [-0.39, 0.29) is 0 Å². The first-order valence-corrected chi connectivity index (χ1v) is 6.85. The van der Waals surface area contributed by atoms with E-state index in [4.69, 9.17) is 10.5 Å². The summed E-state index contributed by atoms with van der Waals surface area (Å²) in [5.74, 6) is 1.36. The Morgan fingerprint density at radius 3 is 2.53 bits per heavy atom. The van der Waals surface area contributed by atoms with Crippen LogP contribution in [-0.4, -0.2) is 31.3 Å². The van der Waals surface area contributed by atoms with Crippen molar-refractivity contribution in [2.75, 3.05) is 36.9 Å². The van der Waals surface area contributed by atoms with Gasteiger partial charge >= 0.3 is 0 Å². The van der Waals surface area contributed by atoms with Gasteiger partial charge in [-0.1, -0.05) is 0 Å². The van der Waals surface area contributed by atoms with Crippen molar-refractivity contribution in [1.82, 2.24) is 4.98 Å². The van der Waals surface area contributed by atoms with Crippen molar-refractivity contribution in [2.24, 2.45) is 0 Å². The van der Waals surface area contributed by atoms with Crippen LogP contribution in [0.15, 0.2) is 0 Å². The topological polar surface area (TPSA) is 75.2 Å². The molecule has 0 aromatic carbocycles. The Morgan fingerprint density at radius 1 is 1.16 bits per heavy atom. The van der Waals surface area contributed by atoms with Crippen molar-refractivity contribution in [3.63, 3.8) is 0 Å². The second-order valence-corrected chi connectivity index (χ2v) is 5.07. The van der Waals surface area contributed by atoms with Gasteiger partial charge in [-0.05, 0) is 36.8 Å². The summed E-state index contributed by atoms with van der Waals surface area (Å²) in [6.07, 6.45) is 4.25. The summed E-state index contributed by atoms with van der Waals surface area (Å²) in [6, 6.07) is 2.22. The van der Waals surface area contributed by atoms with Gasteiger partial charge in [-0.2, -0.15) is 5.26 Å². The van der Waals surface area contributed by atoms with Crippen molar-refractivity contribution >= 4 is 11.6 Å². The average Bonchev–Trinajstić information content (AvgIpc) is 2.47. The summed E-state index contributed by atoms with van der Waals surface area (Å²) in [4.78, 5) is 6.75. The number of hydrogen-bond donors (Lipinski definition) is 1. The third-order valence-corrected chi connectivity index (χ3v) is 3.94. The van der Waals surface area contributed by atoms with E-state index >= 15 is 0 Å². The predicted molar refractivity (Wildman–Crippen MR) is 73.0 cm³/mol. The highest BCUT2D eigenvalue weighted by molar-refractivity contribution is 5.65. The number of nitriles is 1. The zero-order chi connectivity index (χ0) is 13.2. The van der Waals surface area contributed by atoms with Crippen LogP contribution in [0.2, 0.25) is 0 Å². The Morgan fingerprint density at radius 2 is 1.84 bits per heavy atom. The zero-order valence-electron chi connectivity index (χ0n) is 11.0.